The maximum absolute atomic E-state index is 15.7. The monoisotopic (exact) mass is 519 g/mol. The van der Waals surface area contributed by atoms with Gasteiger partial charge in [-0.05, 0) is 43.0 Å². The number of hydrogen-bond donors (Lipinski definition) is 3. The molecule has 3 aromatic rings. The number of aliphatic hydroxyl groups excluding tert-OH is 2. The molecule has 2 aliphatic rings. The van der Waals surface area contributed by atoms with Crippen molar-refractivity contribution in [2.24, 2.45) is 5.92 Å². The Balaban J connectivity index is 1.48. The van der Waals surface area contributed by atoms with Gasteiger partial charge < -0.3 is 20.1 Å². The Morgan fingerprint density at radius 1 is 1.16 bits per heavy atom. The molecule has 0 unspecified atom stereocenters. The first-order valence-corrected chi connectivity index (χ1v) is 12.8. The van der Waals surface area contributed by atoms with Crippen LogP contribution in [0.4, 0.5) is 17.6 Å². The molecule has 1 saturated heterocycles. The predicted molar refractivity (Wildman–Crippen MR) is 134 cm³/mol. The van der Waals surface area contributed by atoms with E-state index < -0.39 is 37.0 Å². The molecule has 0 radical (unpaired) electrons. The molecule has 5 nitrogen and oxygen atoms in total. The number of benzene rings is 2. The minimum Gasteiger partial charge on any atom is -0.390 e. The number of nitrogens with zero attached hydrogens (tertiary/aromatic N) is 2. The number of H-pyrrole nitrogens is 1. The SMILES string of the molecule is C[C@@H]1Cc2c([nH]c3ccccc23)[C@@H](c2ccc([C@H](O)C3CN(CCCF)C3)cc2F)N1CC(F)(F)CO. The molecule has 0 spiro atoms. The summed E-state index contributed by atoms with van der Waals surface area (Å²) in [6.45, 7) is 1.32. The van der Waals surface area contributed by atoms with Gasteiger partial charge in [0.25, 0.3) is 5.92 Å². The molecule has 1 fully saturated rings. The normalized spacial score (nSPS) is 22.2. The zero-order valence-corrected chi connectivity index (χ0v) is 20.8. The molecule has 0 amide bonds. The highest BCUT2D eigenvalue weighted by Crippen LogP contribution is 2.43. The minimum absolute atomic E-state index is 0.0698. The van der Waals surface area contributed by atoms with E-state index in [1.165, 1.54) is 6.07 Å². The Hall–Kier alpha value is -2.46. The van der Waals surface area contributed by atoms with Crippen LogP contribution in [0, 0.1) is 11.7 Å². The number of aromatic nitrogens is 1. The lowest BCUT2D eigenvalue weighted by Gasteiger charge is -2.43. The molecule has 1 aromatic heterocycles. The van der Waals surface area contributed by atoms with Gasteiger partial charge in [0.1, 0.15) is 12.4 Å². The third kappa shape index (κ3) is 5.02. The summed E-state index contributed by atoms with van der Waals surface area (Å²) in [5.41, 5.74) is 3.17. The van der Waals surface area contributed by atoms with Crippen LogP contribution < -0.4 is 0 Å². The number of aliphatic hydroxyl groups is 2. The minimum atomic E-state index is -3.35. The third-order valence-corrected chi connectivity index (χ3v) is 7.86. The molecule has 37 heavy (non-hydrogen) atoms. The van der Waals surface area contributed by atoms with Crippen molar-refractivity contribution < 1.29 is 27.8 Å². The summed E-state index contributed by atoms with van der Waals surface area (Å²) < 4.78 is 57.0. The van der Waals surface area contributed by atoms with Crippen LogP contribution in [-0.4, -0.2) is 76.4 Å². The van der Waals surface area contributed by atoms with Gasteiger partial charge in [-0.2, -0.15) is 0 Å². The molecule has 0 aliphatic carbocycles. The van der Waals surface area contributed by atoms with E-state index in [9.17, 15) is 23.4 Å². The summed E-state index contributed by atoms with van der Waals surface area (Å²) in [6.07, 6.45) is 0.0954. The first-order valence-electron chi connectivity index (χ1n) is 12.8. The van der Waals surface area contributed by atoms with Gasteiger partial charge in [-0.3, -0.25) is 9.29 Å². The largest absolute Gasteiger partial charge is 0.390 e. The Bertz CT molecular complexity index is 1240. The average molecular weight is 520 g/mol. The van der Waals surface area contributed by atoms with Crippen LogP contribution in [0.3, 0.4) is 0 Å². The van der Waals surface area contributed by atoms with Crippen LogP contribution in [-0.2, 0) is 6.42 Å². The number of fused-ring (bicyclic) bond motifs is 3. The smallest absolute Gasteiger partial charge is 0.283 e. The Kier molecular flexibility index (Phi) is 7.33. The van der Waals surface area contributed by atoms with Gasteiger partial charge in [0.05, 0.1) is 25.4 Å². The standard InChI is InChI=1S/C28H33F4N3O2/c1-17-11-22-20-5-2-3-6-24(20)33-25(22)26(35(17)15-28(31,32)16-36)21-8-7-18(12-23(21)30)27(37)19-13-34(14-19)10-4-9-29/h2-3,5-8,12,17,19,26-27,33,36-37H,4,9-11,13-16H2,1H3/t17-,26-,27+/m1/s1. The number of rotatable bonds is 9. The lowest BCUT2D eigenvalue weighted by Crippen LogP contribution is -2.49. The molecular weight excluding hydrogens is 486 g/mol. The topological polar surface area (TPSA) is 62.7 Å². The van der Waals surface area contributed by atoms with Crippen molar-refractivity contribution in [3.05, 3.63) is 70.7 Å². The van der Waals surface area contributed by atoms with E-state index in [2.05, 4.69) is 9.88 Å². The van der Waals surface area contributed by atoms with Crippen LogP contribution in [0.25, 0.3) is 10.9 Å². The van der Waals surface area contributed by atoms with Gasteiger partial charge in [-0.15, -0.1) is 0 Å². The molecule has 0 saturated carbocycles. The zero-order chi connectivity index (χ0) is 26.3. The molecule has 2 aliphatic heterocycles. The predicted octanol–water partition coefficient (Wildman–Crippen LogP) is 4.60. The molecule has 5 rings (SSSR count). The van der Waals surface area contributed by atoms with Crippen molar-refractivity contribution in [1.82, 2.24) is 14.8 Å². The van der Waals surface area contributed by atoms with Crippen LogP contribution in [0.15, 0.2) is 42.5 Å². The van der Waals surface area contributed by atoms with Gasteiger partial charge in [-0.25, -0.2) is 13.2 Å². The molecule has 3 atom stereocenters. The number of likely N-dealkylation sites (tertiary alicyclic amines) is 1. The summed E-state index contributed by atoms with van der Waals surface area (Å²) in [5, 5.41) is 21.1. The maximum atomic E-state index is 15.7. The van der Waals surface area contributed by atoms with E-state index in [0.29, 0.717) is 43.7 Å². The molecule has 2 aromatic carbocycles. The third-order valence-electron chi connectivity index (χ3n) is 7.86. The molecule has 3 heterocycles. The van der Waals surface area contributed by atoms with Gasteiger partial charge in [-0.1, -0.05) is 30.3 Å². The number of para-hydroxylation sites is 1. The van der Waals surface area contributed by atoms with Crippen LogP contribution in [0.2, 0.25) is 0 Å². The van der Waals surface area contributed by atoms with E-state index in [-0.39, 0.29) is 24.2 Å². The van der Waals surface area contributed by atoms with Crippen molar-refractivity contribution in [2.45, 2.75) is 43.9 Å². The van der Waals surface area contributed by atoms with Crippen molar-refractivity contribution >= 4 is 10.9 Å². The first-order chi connectivity index (χ1) is 17.7. The fraction of sp³-hybridized carbons (Fsp3) is 0.500. The molecule has 200 valence electrons. The van der Waals surface area contributed by atoms with Crippen molar-refractivity contribution in [2.75, 3.05) is 39.5 Å². The fourth-order valence-corrected chi connectivity index (χ4v) is 5.90. The highest BCUT2D eigenvalue weighted by Gasteiger charge is 2.42. The Labute approximate surface area is 213 Å². The second kappa shape index (κ2) is 10.4. The summed E-state index contributed by atoms with van der Waals surface area (Å²) in [6, 6.07) is 11.1. The summed E-state index contributed by atoms with van der Waals surface area (Å²) >= 11 is 0. The Morgan fingerprint density at radius 2 is 1.92 bits per heavy atom. The maximum Gasteiger partial charge on any atom is 0.283 e. The number of nitrogens with one attached hydrogen (secondary N) is 1. The molecule has 3 N–H and O–H groups in total. The average Bonchev–Trinajstić information content (AvgIpc) is 3.21. The fourth-order valence-electron chi connectivity index (χ4n) is 5.90. The van der Waals surface area contributed by atoms with Crippen molar-refractivity contribution in [1.29, 1.82) is 0 Å². The van der Waals surface area contributed by atoms with Crippen molar-refractivity contribution in [3.63, 3.8) is 0 Å². The van der Waals surface area contributed by atoms with Gasteiger partial charge >= 0.3 is 0 Å². The van der Waals surface area contributed by atoms with Gasteiger partial charge in [0, 0.05) is 53.8 Å². The van der Waals surface area contributed by atoms with Crippen LogP contribution in [0.5, 0.6) is 0 Å². The molecule has 9 heteroatoms. The van der Waals surface area contributed by atoms with Gasteiger partial charge in [0.2, 0.25) is 0 Å². The summed E-state index contributed by atoms with van der Waals surface area (Å²) in [4.78, 5) is 6.95. The van der Waals surface area contributed by atoms with E-state index in [1.807, 2.05) is 31.2 Å². The number of hydrogen-bond acceptors (Lipinski definition) is 4. The first kappa shape index (κ1) is 26.2. The number of halogens is 4. The highest BCUT2D eigenvalue weighted by atomic mass is 19.3. The lowest BCUT2D eigenvalue weighted by molar-refractivity contribution is -0.0866. The number of aromatic amines is 1. The number of alkyl halides is 3. The molecule has 0 bridgehead atoms. The van der Waals surface area contributed by atoms with E-state index in [1.54, 1.807) is 17.0 Å². The summed E-state index contributed by atoms with van der Waals surface area (Å²) in [7, 11) is 0. The highest BCUT2D eigenvalue weighted by molar-refractivity contribution is 5.85. The summed E-state index contributed by atoms with van der Waals surface area (Å²) in [5.74, 6) is -3.99. The van der Waals surface area contributed by atoms with E-state index in [4.69, 9.17) is 0 Å². The Morgan fingerprint density at radius 3 is 2.62 bits per heavy atom. The van der Waals surface area contributed by atoms with Crippen molar-refractivity contribution in [3.8, 4) is 0 Å². The zero-order valence-electron chi connectivity index (χ0n) is 20.8. The quantitative estimate of drug-likeness (QED) is 0.362. The van der Waals surface area contributed by atoms with E-state index >= 15 is 4.39 Å². The van der Waals surface area contributed by atoms with Gasteiger partial charge in [0.15, 0.2) is 0 Å². The molecular formula is C28H33F4N3O2. The second-order valence-electron chi connectivity index (χ2n) is 10.5. The van der Waals surface area contributed by atoms with Crippen LogP contribution in [0.1, 0.15) is 47.9 Å². The lowest BCUT2D eigenvalue weighted by atomic mass is 9.85. The second-order valence-corrected chi connectivity index (χ2v) is 10.5. The van der Waals surface area contributed by atoms with E-state index in [0.717, 1.165) is 16.5 Å². The van der Waals surface area contributed by atoms with Crippen LogP contribution >= 0.6 is 0 Å².